The van der Waals surface area contributed by atoms with Gasteiger partial charge in [0.1, 0.15) is 0 Å². The van der Waals surface area contributed by atoms with Crippen molar-refractivity contribution >= 4 is 68.0 Å². The van der Waals surface area contributed by atoms with Crippen LogP contribution in [0.4, 0.5) is 11.4 Å². The van der Waals surface area contributed by atoms with Crippen molar-refractivity contribution in [1.82, 2.24) is 0 Å². The molecular weight excluding hydrogens is 484 g/mol. The van der Waals surface area contributed by atoms with Crippen LogP contribution >= 0.6 is 0 Å². The van der Waals surface area contributed by atoms with Gasteiger partial charge in [-0.15, -0.1) is 0 Å². The zero-order chi connectivity index (χ0) is 27.6. The molecule has 0 aliphatic rings. The lowest BCUT2D eigenvalue weighted by molar-refractivity contribution is 1.13. The Kier molecular flexibility index (Phi) is 6.84. The van der Waals surface area contributed by atoms with Gasteiger partial charge < -0.3 is 9.80 Å². The number of rotatable bonds is 6. The average molecular weight is 519 g/mol. The highest BCUT2D eigenvalue weighted by atomic mass is 15.1. The van der Waals surface area contributed by atoms with Gasteiger partial charge in [0.2, 0.25) is 0 Å². The van der Waals surface area contributed by atoms with Crippen LogP contribution < -0.4 is 9.80 Å². The summed E-state index contributed by atoms with van der Waals surface area (Å²) < 4.78 is 0. The molecule has 0 unspecified atom stereocenters. The Morgan fingerprint density at radius 3 is 1.07 bits per heavy atom. The molecule has 0 N–H and O–H groups in total. The van der Waals surface area contributed by atoms with Gasteiger partial charge in [-0.05, 0) is 91.0 Å². The Morgan fingerprint density at radius 1 is 0.375 bits per heavy atom. The van der Waals surface area contributed by atoms with Crippen LogP contribution in [0.15, 0.2) is 109 Å². The Balaban J connectivity index is 1.48. The number of nitrogens with zero attached hydrogens (tertiary/aromatic N) is 2. The minimum Gasteiger partial charge on any atom is -0.378 e. The van der Waals surface area contributed by atoms with Crippen LogP contribution in [-0.4, -0.2) is 28.2 Å². The second-order valence-electron chi connectivity index (χ2n) is 10.8. The molecule has 0 radical (unpaired) electrons. The molecule has 6 aromatic rings. The van der Waals surface area contributed by atoms with E-state index in [-0.39, 0.29) is 0 Å². The van der Waals surface area contributed by atoms with Crippen LogP contribution in [0.3, 0.4) is 0 Å². The molecule has 0 heterocycles. The second-order valence-corrected chi connectivity index (χ2v) is 10.8. The van der Waals surface area contributed by atoms with Crippen molar-refractivity contribution < 1.29 is 0 Å². The summed E-state index contributed by atoms with van der Waals surface area (Å²) in [7, 11) is 8.28. The van der Waals surface area contributed by atoms with Crippen LogP contribution in [0, 0.1) is 0 Å². The molecule has 2 nitrogen and oxygen atoms in total. The van der Waals surface area contributed by atoms with Gasteiger partial charge in [0, 0.05) is 39.6 Å². The summed E-state index contributed by atoms with van der Waals surface area (Å²) in [5.74, 6) is 0. The Bertz CT molecular complexity index is 1730. The quantitative estimate of drug-likeness (QED) is 0.160. The summed E-state index contributed by atoms with van der Waals surface area (Å²) in [5.41, 5.74) is 7.26. The molecule has 0 amide bonds. The fourth-order valence-electron chi connectivity index (χ4n) is 5.42. The number of fused-ring (bicyclic) bond motifs is 5. The van der Waals surface area contributed by atoms with E-state index >= 15 is 0 Å². The first-order valence-electron chi connectivity index (χ1n) is 13.8. The molecule has 196 valence electrons. The van der Waals surface area contributed by atoms with Gasteiger partial charge in [0.05, 0.1) is 0 Å². The van der Waals surface area contributed by atoms with Crippen LogP contribution in [0.2, 0.25) is 0 Å². The molecular formula is C38H34N2. The smallest absolute Gasteiger partial charge is 0.0361 e. The highest BCUT2D eigenvalue weighted by molar-refractivity contribution is 6.21. The number of benzene rings is 6. The highest BCUT2D eigenvalue weighted by Crippen LogP contribution is 2.37. The van der Waals surface area contributed by atoms with Crippen molar-refractivity contribution in [1.29, 1.82) is 0 Å². The normalized spacial score (nSPS) is 11.8. The minimum absolute atomic E-state index is 1.19. The third kappa shape index (κ3) is 4.97. The van der Waals surface area contributed by atoms with Gasteiger partial charge in [0.25, 0.3) is 0 Å². The molecule has 6 aromatic carbocycles. The summed E-state index contributed by atoms with van der Waals surface area (Å²) in [6.45, 7) is 0. The average Bonchev–Trinajstić information content (AvgIpc) is 2.99. The summed E-state index contributed by atoms with van der Waals surface area (Å²) in [5, 5.41) is 7.65. The molecule has 0 aromatic heterocycles. The van der Waals surface area contributed by atoms with Crippen LogP contribution in [-0.2, 0) is 0 Å². The standard InChI is InChI=1S/C38H34N2/c1-39(2)31-21-15-27(16-22-31)13-19-29-25-37-36-12-8-6-10-34(36)30(26-38(37)35-11-7-5-9-33(29)35)20-14-28-17-23-32(24-18-28)40(3)4/h5-26H,1-4H3/b19-13+,20-14+. The molecule has 0 fully saturated rings. The Labute approximate surface area is 237 Å². The van der Waals surface area contributed by atoms with Crippen molar-refractivity contribution in [2.45, 2.75) is 0 Å². The SMILES string of the molecule is CN(C)c1ccc(/C=C/c2cc3c4ccccc4c(/C=C/c4ccc(N(C)C)cc4)cc3c3ccccc23)cc1. The fourth-order valence-corrected chi connectivity index (χ4v) is 5.42. The first-order valence-corrected chi connectivity index (χ1v) is 13.8. The highest BCUT2D eigenvalue weighted by Gasteiger charge is 2.10. The molecule has 0 saturated carbocycles. The summed E-state index contributed by atoms with van der Waals surface area (Å²) >= 11 is 0. The van der Waals surface area contributed by atoms with E-state index in [1.165, 1.54) is 65.9 Å². The molecule has 40 heavy (non-hydrogen) atoms. The molecule has 0 atom stereocenters. The molecule has 0 spiro atoms. The second kappa shape index (κ2) is 10.7. The van der Waals surface area contributed by atoms with Crippen molar-refractivity contribution in [2.75, 3.05) is 38.0 Å². The zero-order valence-electron chi connectivity index (χ0n) is 23.6. The Hall–Kier alpha value is -4.82. The van der Waals surface area contributed by atoms with E-state index in [1.807, 2.05) is 0 Å². The molecule has 0 aliphatic carbocycles. The maximum atomic E-state index is 2.36. The lowest BCUT2D eigenvalue weighted by atomic mass is 9.91. The predicted molar refractivity (Wildman–Crippen MR) is 178 cm³/mol. The maximum absolute atomic E-state index is 2.36. The predicted octanol–water partition coefficient (Wildman–Crippen LogP) is 9.62. The van der Waals surface area contributed by atoms with E-state index < -0.39 is 0 Å². The van der Waals surface area contributed by atoms with E-state index in [0.29, 0.717) is 0 Å². The van der Waals surface area contributed by atoms with Gasteiger partial charge in [-0.1, -0.05) is 97.1 Å². The van der Waals surface area contributed by atoms with Gasteiger partial charge >= 0.3 is 0 Å². The maximum Gasteiger partial charge on any atom is 0.0361 e. The molecule has 6 rings (SSSR count). The van der Waals surface area contributed by atoms with E-state index in [2.05, 4.69) is 171 Å². The van der Waals surface area contributed by atoms with E-state index in [0.717, 1.165) is 0 Å². The summed E-state index contributed by atoms with van der Waals surface area (Å²) in [6.07, 6.45) is 8.95. The Morgan fingerprint density at radius 2 is 0.725 bits per heavy atom. The number of hydrogen-bond acceptors (Lipinski definition) is 2. The largest absolute Gasteiger partial charge is 0.378 e. The van der Waals surface area contributed by atoms with Crippen LogP contribution in [0.5, 0.6) is 0 Å². The number of hydrogen-bond donors (Lipinski definition) is 0. The van der Waals surface area contributed by atoms with Crippen molar-refractivity contribution in [2.24, 2.45) is 0 Å². The topological polar surface area (TPSA) is 6.48 Å². The number of anilines is 2. The first-order chi connectivity index (χ1) is 19.5. The third-order valence-electron chi connectivity index (χ3n) is 7.68. The third-order valence-corrected chi connectivity index (χ3v) is 7.68. The minimum atomic E-state index is 1.19. The lowest BCUT2D eigenvalue weighted by Crippen LogP contribution is -2.07. The van der Waals surface area contributed by atoms with E-state index in [9.17, 15) is 0 Å². The molecule has 0 bridgehead atoms. The monoisotopic (exact) mass is 518 g/mol. The van der Waals surface area contributed by atoms with E-state index in [1.54, 1.807) is 0 Å². The molecule has 0 saturated heterocycles. The van der Waals surface area contributed by atoms with Crippen molar-refractivity contribution in [3.8, 4) is 0 Å². The lowest BCUT2D eigenvalue weighted by Gasteiger charge is -2.14. The van der Waals surface area contributed by atoms with Crippen molar-refractivity contribution in [3.05, 3.63) is 131 Å². The van der Waals surface area contributed by atoms with Crippen LogP contribution in [0.1, 0.15) is 22.3 Å². The van der Waals surface area contributed by atoms with Gasteiger partial charge in [-0.2, -0.15) is 0 Å². The van der Waals surface area contributed by atoms with Crippen molar-refractivity contribution in [3.63, 3.8) is 0 Å². The molecule has 2 heteroatoms. The van der Waals surface area contributed by atoms with Crippen LogP contribution in [0.25, 0.3) is 56.6 Å². The summed E-state index contributed by atoms with van der Waals surface area (Å²) in [6, 6.07) is 39.6. The fraction of sp³-hybridized carbons (Fsp3) is 0.105. The first kappa shape index (κ1) is 25.5. The summed E-state index contributed by atoms with van der Waals surface area (Å²) in [4.78, 5) is 4.25. The molecule has 0 aliphatic heterocycles. The zero-order valence-corrected chi connectivity index (χ0v) is 23.6. The van der Waals surface area contributed by atoms with Gasteiger partial charge in [-0.25, -0.2) is 0 Å². The van der Waals surface area contributed by atoms with Gasteiger partial charge in [-0.3, -0.25) is 0 Å². The van der Waals surface area contributed by atoms with E-state index in [4.69, 9.17) is 0 Å². The van der Waals surface area contributed by atoms with Gasteiger partial charge in [0.15, 0.2) is 0 Å².